The second-order valence-electron chi connectivity index (χ2n) is 4.11. The number of hydrogen-bond donors (Lipinski definition) is 1. The van der Waals surface area contributed by atoms with Crippen LogP contribution in [0.3, 0.4) is 0 Å². The van der Waals surface area contributed by atoms with Crippen molar-refractivity contribution in [2.24, 2.45) is 5.92 Å². The lowest BCUT2D eigenvalue weighted by Gasteiger charge is -2.21. The zero-order valence-corrected chi connectivity index (χ0v) is 8.45. The molecule has 0 aromatic carbocycles. The first-order valence-electron chi connectivity index (χ1n) is 5.07. The molecule has 2 unspecified atom stereocenters. The van der Waals surface area contributed by atoms with Crippen molar-refractivity contribution in [3.05, 3.63) is 0 Å². The number of likely N-dealkylation sites (tertiary alicyclic amines) is 1. The minimum atomic E-state index is -0.0752. The predicted octanol–water partition coefficient (Wildman–Crippen LogP) is 1.49. The Bertz CT molecular complexity index is 136. The van der Waals surface area contributed by atoms with E-state index in [1.165, 1.54) is 13.0 Å². The summed E-state index contributed by atoms with van der Waals surface area (Å²) in [6, 6.07) is 0.638. The standard InChI is InChI=1S/C10H21NO/c1-4-10(12)9-5-6-11(7-9)8(2)3/h8-10,12H,4-7H2,1-3H3. The lowest BCUT2D eigenvalue weighted by atomic mass is 10.00. The van der Waals surface area contributed by atoms with Gasteiger partial charge in [-0.3, -0.25) is 0 Å². The third-order valence-electron chi connectivity index (χ3n) is 2.95. The quantitative estimate of drug-likeness (QED) is 0.695. The molecule has 0 saturated carbocycles. The molecule has 1 N–H and O–H groups in total. The van der Waals surface area contributed by atoms with Gasteiger partial charge < -0.3 is 10.0 Å². The molecule has 1 heterocycles. The highest BCUT2D eigenvalue weighted by Gasteiger charge is 2.28. The SMILES string of the molecule is CCC(O)C1CCN(C(C)C)C1. The highest BCUT2D eigenvalue weighted by molar-refractivity contribution is 4.81. The molecule has 0 bridgehead atoms. The Kier molecular flexibility index (Phi) is 3.53. The van der Waals surface area contributed by atoms with E-state index in [-0.39, 0.29) is 6.10 Å². The van der Waals surface area contributed by atoms with Gasteiger partial charge in [-0.1, -0.05) is 6.92 Å². The van der Waals surface area contributed by atoms with Gasteiger partial charge in [0.15, 0.2) is 0 Å². The summed E-state index contributed by atoms with van der Waals surface area (Å²) in [6.45, 7) is 8.76. The van der Waals surface area contributed by atoms with Crippen molar-refractivity contribution in [2.45, 2.75) is 45.8 Å². The predicted molar refractivity (Wildman–Crippen MR) is 51.1 cm³/mol. The maximum Gasteiger partial charge on any atom is 0.0578 e. The van der Waals surface area contributed by atoms with Gasteiger partial charge in [-0.05, 0) is 39.2 Å². The van der Waals surface area contributed by atoms with Gasteiger partial charge in [0.1, 0.15) is 0 Å². The molecule has 0 spiro atoms. The summed E-state index contributed by atoms with van der Waals surface area (Å²) < 4.78 is 0. The summed E-state index contributed by atoms with van der Waals surface area (Å²) in [5, 5.41) is 9.63. The Morgan fingerprint density at radius 2 is 2.17 bits per heavy atom. The van der Waals surface area contributed by atoms with Crippen LogP contribution in [0, 0.1) is 5.92 Å². The minimum Gasteiger partial charge on any atom is -0.393 e. The number of aliphatic hydroxyl groups excluding tert-OH is 1. The van der Waals surface area contributed by atoms with Gasteiger partial charge in [0.05, 0.1) is 6.10 Å². The van der Waals surface area contributed by atoms with Crippen molar-refractivity contribution in [1.82, 2.24) is 4.90 Å². The lowest BCUT2D eigenvalue weighted by molar-refractivity contribution is 0.104. The van der Waals surface area contributed by atoms with Crippen LogP contribution in [0.15, 0.2) is 0 Å². The van der Waals surface area contributed by atoms with E-state index >= 15 is 0 Å². The highest BCUT2D eigenvalue weighted by Crippen LogP contribution is 2.22. The summed E-state index contributed by atoms with van der Waals surface area (Å²) in [5.74, 6) is 0.525. The third kappa shape index (κ3) is 2.20. The fraction of sp³-hybridized carbons (Fsp3) is 1.00. The van der Waals surface area contributed by atoms with Crippen LogP contribution in [-0.2, 0) is 0 Å². The van der Waals surface area contributed by atoms with Crippen molar-refractivity contribution >= 4 is 0 Å². The van der Waals surface area contributed by atoms with Crippen molar-refractivity contribution in [1.29, 1.82) is 0 Å². The highest BCUT2D eigenvalue weighted by atomic mass is 16.3. The van der Waals surface area contributed by atoms with E-state index < -0.39 is 0 Å². The summed E-state index contributed by atoms with van der Waals surface area (Å²) in [7, 11) is 0. The third-order valence-corrected chi connectivity index (χ3v) is 2.95. The molecular formula is C10H21NO. The topological polar surface area (TPSA) is 23.5 Å². The molecule has 2 nitrogen and oxygen atoms in total. The number of aliphatic hydroxyl groups is 1. The summed E-state index contributed by atoms with van der Waals surface area (Å²) in [4.78, 5) is 2.45. The Labute approximate surface area is 75.6 Å². The molecule has 0 aromatic heterocycles. The fourth-order valence-corrected chi connectivity index (χ4v) is 1.93. The molecule has 12 heavy (non-hydrogen) atoms. The molecule has 1 fully saturated rings. The van der Waals surface area contributed by atoms with Crippen molar-refractivity contribution in [3.63, 3.8) is 0 Å². The Balaban J connectivity index is 2.35. The van der Waals surface area contributed by atoms with E-state index in [9.17, 15) is 5.11 Å². The van der Waals surface area contributed by atoms with E-state index in [0.29, 0.717) is 12.0 Å². The molecule has 1 saturated heterocycles. The second-order valence-corrected chi connectivity index (χ2v) is 4.11. The Morgan fingerprint density at radius 3 is 2.58 bits per heavy atom. The first-order chi connectivity index (χ1) is 5.65. The molecule has 2 heteroatoms. The van der Waals surface area contributed by atoms with Crippen LogP contribution in [0.5, 0.6) is 0 Å². The minimum absolute atomic E-state index is 0.0752. The summed E-state index contributed by atoms with van der Waals surface area (Å²) in [5.41, 5.74) is 0. The van der Waals surface area contributed by atoms with Crippen molar-refractivity contribution < 1.29 is 5.11 Å². The van der Waals surface area contributed by atoms with Crippen LogP contribution < -0.4 is 0 Å². The first-order valence-corrected chi connectivity index (χ1v) is 5.07. The Morgan fingerprint density at radius 1 is 1.50 bits per heavy atom. The smallest absolute Gasteiger partial charge is 0.0578 e. The zero-order chi connectivity index (χ0) is 9.14. The molecule has 0 radical (unpaired) electrons. The van der Waals surface area contributed by atoms with Crippen LogP contribution >= 0.6 is 0 Å². The van der Waals surface area contributed by atoms with E-state index in [1.54, 1.807) is 0 Å². The normalized spacial score (nSPS) is 28.2. The fourth-order valence-electron chi connectivity index (χ4n) is 1.93. The second kappa shape index (κ2) is 4.24. The molecule has 0 aliphatic carbocycles. The van der Waals surface area contributed by atoms with Gasteiger partial charge >= 0.3 is 0 Å². The van der Waals surface area contributed by atoms with Gasteiger partial charge in [-0.15, -0.1) is 0 Å². The number of rotatable bonds is 3. The largest absolute Gasteiger partial charge is 0.393 e. The van der Waals surface area contributed by atoms with Crippen LogP contribution in [0.1, 0.15) is 33.6 Å². The van der Waals surface area contributed by atoms with Crippen LogP contribution in [0.4, 0.5) is 0 Å². The molecule has 72 valence electrons. The van der Waals surface area contributed by atoms with E-state index in [0.717, 1.165) is 13.0 Å². The van der Waals surface area contributed by atoms with Crippen LogP contribution in [0.2, 0.25) is 0 Å². The first kappa shape index (κ1) is 10.0. The average Bonchev–Trinajstić information content (AvgIpc) is 2.51. The van der Waals surface area contributed by atoms with Gasteiger partial charge in [-0.25, -0.2) is 0 Å². The van der Waals surface area contributed by atoms with Crippen molar-refractivity contribution in [3.8, 4) is 0 Å². The van der Waals surface area contributed by atoms with Gasteiger partial charge in [0.25, 0.3) is 0 Å². The van der Waals surface area contributed by atoms with E-state index in [4.69, 9.17) is 0 Å². The maximum atomic E-state index is 9.63. The maximum absolute atomic E-state index is 9.63. The number of hydrogen-bond acceptors (Lipinski definition) is 2. The lowest BCUT2D eigenvalue weighted by Crippen LogP contribution is -2.30. The molecule has 1 aliphatic rings. The average molecular weight is 171 g/mol. The molecule has 2 atom stereocenters. The monoisotopic (exact) mass is 171 g/mol. The molecule has 0 aromatic rings. The van der Waals surface area contributed by atoms with Gasteiger partial charge in [0.2, 0.25) is 0 Å². The molecule has 1 rings (SSSR count). The van der Waals surface area contributed by atoms with Crippen molar-refractivity contribution in [2.75, 3.05) is 13.1 Å². The Hall–Kier alpha value is -0.0800. The summed E-state index contributed by atoms with van der Waals surface area (Å²) >= 11 is 0. The molecule has 0 amide bonds. The van der Waals surface area contributed by atoms with Crippen LogP contribution in [0.25, 0.3) is 0 Å². The molecule has 1 aliphatic heterocycles. The number of nitrogens with zero attached hydrogens (tertiary/aromatic N) is 1. The van der Waals surface area contributed by atoms with Crippen LogP contribution in [-0.4, -0.2) is 35.2 Å². The van der Waals surface area contributed by atoms with E-state index in [1.807, 2.05) is 0 Å². The summed E-state index contributed by atoms with van der Waals surface area (Å²) in [6.07, 6.45) is 2.00. The van der Waals surface area contributed by atoms with E-state index in [2.05, 4.69) is 25.7 Å². The van der Waals surface area contributed by atoms with Gasteiger partial charge in [0, 0.05) is 12.6 Å². The zero-order valence-electron chi connectivity index (χ0n) is 8.45. The van der Waals surface area contributed by atoms with Gasteiger partial charge in [-0.2, -0.15) is 0 Å². The molecular weight excluding hydrogens is 150 g/mol.